The van der Waals surface area contributed by atoms with Gasteiger partial charge < -0.3 is 10.4 Å². The molecule has 92 valence electrons. The molecule has 2 rings (SSSR count). The number of halogens is 2. The molecule has 1 heterocycles. The van der Waals surface area contributed by atoms with E-state index in [1.807, 2.05) is 0 Å². The van der Waals surface area contributed by atoms with E-state index in [9.17, 15) is 13.6 Å². The summed E-state index contributed by atoms with van der Waals surface area (Å²) < 4.78 is 25.6. The van der Waals surface area contributed by atoms with Gasteiger partial charge in [-0.15, -0.1) is 0 Å². The van der Waals surface area contributed by atoms with Gasteiger partial charge in [0.25, 0.3) is 0 Å². The Morgan fingerprint density at radius 2 is 1.83 bits per heavy atom. The standard InChI is InChI=1S/C12H8F2N2O2/c13-9-3-1-7(5-10(9)14)16-8-2-4-11(12(17)18)15-6-8/h1-6,16H,(H,17,18). The van der Waals surface area contributed by atoms with E-state index in [1.165, 1.54) is 24.4 Å². The molecular formula is C12H8F2N2O2. The average molecular weight is 250 g/mol. The highest BCUT2D eigenvalue weighted by atomic mass is 19.2. The molecule has 0 unspecified atom stereocenters. The van der Waals surface area contributed by atoms with Crippen molar-refractivity contribution >= 4 is 17.3 Å². The van der Waals surface area contributed by atoms with Crippen molar-refractivity contribution in [3.05, 3.63) is 53.9 Å². The molecule has 0 aliphatic carbocycles. The minimum absolute atomic E-state index is 0.0918. The fourth-order valence-electron chi connectivity index (χ4n) is 1.33. The summed E-state index contributed by atoms with van der Waals surface area (Å²) in [6.45, 7) is 0. The highest BCUT2D eigenvalue weighted by Gasteiger charge is 2.05. The van der Waals surface area contributed by atoms with Gasteiger partial charge in [0.1, 0.15) is 5.69 Å². The van der Waals surface area contributed by atoms with Crippen LogP contribution in [-0.4, -0.2) is 16.1 Å². The number of hydrogen-bond acceptors (Lipinski definition) is 3. The maximum Gasteiger partial charge on any atom is 0.354 e. The van der Waals surface area contributed by atoms with Crippen LogP contribution < -0.4 is 5.32 Å². The molecule has 0 bridgehead atoms. The third-order valence-electron chi connectivity index (χ3n) is 2.19. The van der Waals surface area contributed by atoms with Crippen molar-refractivity contribution in [2.45, 2.75) is 0 Å². The summed E-state index contributed by atoms with van der Waals surface area (Å²) in [5.74, 6) is -3.02. The minimum atomic E-state index is -1.13. The van der Waals surface area contributed by atoms with E-state index >= 15 is 0 Å². The Bertz CT molecular complexity index is 585. The van der Waals surface area contributed by atoms with Gasteiger partial charge in [-0.05, 0) is 24.3 Å². The lowest BCUT2D eigenvalue weighted by atomic mass is 10.2. The fraction of sp³-hybridized carbons (Fsp3) is 0. The first-order valence-corrected chi connectivity index (χ1v) is 4.97. The van der Waals surface area contributed by atoms with Gasteiger partial charge in [-0.3, -0.25) is 0 Å². The summed E-state index contributed by atoms with van der Waals surface area (Å²) in [6.07, 6.45) is 1.30. The van der Waals surface area contributed by atoms with Gasteiger partial charge in [0.05, 0.1) is 11.9 Å². The Labute approximate surface area is 101 Å². The van der Waals surface area contributed by atoms with Crippen molar-refractivity contribution in [2.75, 3.05) is 5.32 Å². The van der Waals surface area contributed by atoms with E-state index in [1.54, 1.807) is 0 Å². The molecule has 0 saturated heterocycles. The van der Waals surface area contributed by atoms with E-state index < -0.39 is 17.6 Å². The van der Waals surface area contributed by atoms with E-state index in [-0.39, 0.29) is 5.69 Å². The summed E-state index contributed by atoms with van der Waals surface area (Å²) >= 11 is 0. The zero-order valence-corrected chi connectivity index (χ0v) is 9.02. The first-order chi connectivity index (χ1) is 8.56. The molecule has 0 radical (unpaired) electrons. The van der Waals surface area contributed by atoms with Crippen molar-refractivity contribution < 1.29 is 18.7 Å². The smallest absolute Gasteiger partial charge is 0.354 e. The minimum Gasteiger partial charge on any atom is -0.477 e. The number of anilines is 2. The molecule has 0 saturated carbocycles. The summed E-state index contributed by atoms with van der Waals surface area (Å²) in [7, 11) is 0. The number of carbonyl (C=O) groups is 1. The number of aromatic carboxylic acids is 1. The molecule has 6 heteroatoms. The Hall–Kier alpha value is -2.50. The van der Waals surface area contributed by atoms with Crippen molar-refractivity contribution in [1.29, 1.82) is 0 Å². The first-order valence-electron chi connectivity index (χ1n) is 4.97. The van der Waals surface area contributed by atoms with Crippen molar-refractivity contribution in [1.82, 2.24) is 4.98 Å². The number of hydrogen-bond donors (Lipinski definition) is 2. The van der Waals surface area contributed by atoms with Gasteiger partial charge >= 0.3 is 5.97 Å². The molecule has 18 heavy (non-hydrogen) atoms. The molecule has 0 aliphatic heterocycles. The Balaban J connectivity index is 2.18. The lowest BCUT2D eigenvalue weighted by molar-refractivity contribution is 0.0690. The van der Waals surface area contributed by atoms with Gasteiger partial charge in [0.2, 0.25) is 0 Å². The second-order valence-corrected chi connectivity index (χ2v) is 3.49. The molecule has 0 amide bonds. The van der Waals surface area contributed by atoms with Gasteiger partial charge in [-0.1, -0.05) is 0 Å². The highest BCUT2D eigenvalue weighted by Crippen LogP contribution is 2.18. The van der Waals surface area contributed by atoms with Gasteiger partial charge in [-0.2, -0.15) is 0 Å². The van der Waals surface area contributed by atoms with E-state index in [0.29, 0.717) is 11.4 Å². The quantitative estimate of drug-likeness (QED) is 0.879. The molecule has 0 spiro atoms. The first kappa shape index (κ1) is 12.0. The normalized spacial score (nSPS) is 10.1. The SMILES string of the molecule is O=C(O)c1ccc(Nc2ccc(F)c(F)c2)cn1. The van der Waals surface area contributed by atoms with Crippen LogP contribution >= 0.6 is 0 Å². The molecule has 1 aromatic heterocycles. The van der Waals surface area contributed by atoms with Crippen LogP contribution in [0.4, 0.5) is 20.2 Å². The van der Waals surface area contributed by atoms with Crippen LogP contribution in [0.25, 0.3) is 0 Å². The van der Waals surface area contributed by atoms with Crippen LogP contribution in [0.15, 0.2) is 36.5 Å². The van der Waals surface area contributed by atoms with Crippen LogP contribution in [-0.2, 0) is 0 Å². The maximum atomic E-state index is 12.9. The van der Waals surface area contributed by atoms with E-state index in [4.69, 9.17) is 5.11 Å². The van der Waals surface area contributed by atoms with Gasteiger partial charge in [-0.25, -0.2) is 18.6 Å². The number of nitrogens with one attached hydrogen (secondary N) is 1. The van der Waals surface area contributed by atoms with Crippen molar-refractivity contribution in [3.63, 3.8) is 0 Å². The zero-order chi connectivity index (χ0) is 13.1. The number of carboxylic acids is 1. The molecule has 0 aliphatic rings. The Morgan fingerprint density at radius 1 is 1.11 bits per heavy atom. The molecule has 4 nitrogen and oxygen atoms in total. The number of rotatable bonds is 3. The van der Waals surface area contributed by atoms with Crippen molar-refractivity contribution in [2.24, 2.45) is 0 Å². The largest absolute Gasteiger partial charge is 0.477 e. The Kier molecular flexibility index (Phi) is 3.18. The van der Waals surface area contributed by atoms with E-state index in [2.05, 4.69) is 10.3 Å². The molecule has 2 N–H and O–H groups in total. The van der Waals surface area contributed by atoms with Crippen LogP contribution in [0.5, 0.6) is 0 Å². The summed E-state index contributed by atoms with van der Waals surface area (Å²) in [5.41, 5.74) is 0.732. The molecule has 0 atom stereocenters. The van der Waals surface area contributed by atoms with Crippen LogP contribution in [0.1, 0.15) is 10.5 Å². The monoisotopic (exact) mass is 250 g/mol. The summed E-state index contributed by atoms with van der Waals surface area (Å²) in [5, 5.41) is 11.4. The molecular weight excluding hydrogens is 242 g/mol. The lowest BCUT2D eigenvalue weighted by Gasteiger charge is -2.06. The molecule has 2 aromatic rings. The number of nitrogens with zero attached hydrogens (tertiary/aromatic N) is 1. The number of benzene rings is 1. The second kappa shape index (κ2) is 4.79. The number of pyridine rings is 1. The number of carboxylic acid groups (broad SMARTS) is 1. The fourth-order valence-corrected chi connectivity index (χ4v) is 1.33. The molecule has 0 fully saturated rings. The van der Waals surface area contributed by atoms with Crippen LogP contribution in [0, 0.1) is 11.6 Å². The Morgan fingerprint density at radius 3 is 2.39 bits per heavy atom. The predicted octanol–water partition coefficient (Wildman–Crippen LogP) is 2.80. The van der Waals surface area contributed by atoms with E-state index in [0.717, 1.165) is 12.1 Å². The average Bonchev–Trinajstić information content (AvgIpc) is 2.34. The third-order valence-corrected chi connectivity index (χ3v) is 2.19. The van der Waals surface area contributed by atoms with Gasteiger partial charge in [0, 0.05) is 11.8 Å². The topological polar surface area (TPSA) is 62.2 Å². The van der Waals surface area contributed by atoms with Gasteiger partial charge in [0.15, 0.2) is 11.6 Å². The highest BCUT2D eigenvalue weighted by molar-refractivity contribution is 5.85. The van der Waals surface area contributed by atoms with Crippen LogP contribution in [0.2, 0.25) is 0 Å². The zero-order valence-electron chi connectivity index (χ0n) is 9.02. The summed E-state index contributed by atoms with van der Waals surface area (Å²) in [4.78, 5) is 14.3. The predicted molar refractivity (Wildman–Crippen MR) is 60.8 cm³/mol. The van der Waals surface area contributed by atoms with Crippen LogP contribution in [0.3, 0.4) is 0 Å². The third kappa shape index (κ3) is 2.60. The number of aromatic nitrogens is 1. The maximum absolute atomic E-state index is 12.9. The summed E-state index contributed by atoms with van der Waals surface area (Å²) in [6, 6.07) is 6.16. The molecule has 1 aromatic carbocycles. The second-order valence-electron chi connectivity index (χ2n) is 3.49. The lowest BCUT2D eigenvalue weighted by Crippen LogP contribution is -2.00. The van der Waals surface area contributed by atoms with Crippen molar-refractivity contribution in [3.8, 4) is 0 Å².